The van der Waals surface area contributed by atoms with Crippen LogP contribution in [-0.2, 0) is 4.79 Å². The van der Waals surface area contributed by atoms with Gasteiger partial charge in [0.15, 0.2) is 0 Å². The zero-order valence-corrected chi connectivity index (χ0v) is 13.9. The van der Waals surface area contributed by atoms with Crippen LogP contribution < -0.4 is 5.32 Å². The molecule has 0 saturated carbocycles. The lowest BCUT2D eigenvalue weighted by Gasteiger charge is -2.35. The Morgan fingerprint density at radius 3 is 2.90 bits per heavy atom. The van der Waals surface area contributed by atoms with Crippen LogP contribution in [0.5, 0.6) is 0 Å². The Bertz CT molecular complexity index is 436. The first-order valence-electron chi connectivity index (χ1n) is 8.55. The summed E-state index contributed by atoms with van der Waals surface area (Å²) in [5.41, 5.74) is 3.62. The van der Waals surface area contributed by atoms with Crippen LogP contribution in [0, 0.1) is 0 Å². The van der Waals surface area contributed by atoms with E-state index in [1.54, 1.807) is 0 Å². The van der Waals surface area contributed by atoms with E-state index in [9.17, 15) is 4.79 Å². The lowest BCUT2D eigenvalue weighted by molar-refractivity contribution is -0.126. The third-order valence-electron chi connectivity index (χ3n) is 4.75. The quantitative estimate of drug-likeness (QED) is 0.836. The molecule has 3 heteroatoms. The maximum atomic E-state index is 12.7. The molecule has 1 heterocycles. The predicted molar refractivity (Wildman–Crippen MR) is 88.0 cm³/mol. The zero-order chi connectivity index (χ0) is 15.2. The first-order chi connectivity index (χ1) is 10.1. The predicted octanol–water partition coefficient (Wildman–Crippen LogP) is 3.77. The molecule has 1 aliphatic heterocycles. The SMILES string of the molecule is CCCCN1CCCCC1C(=O)NC1=C(C)CCC=C1C. The molecule has 0 aromatic rings. The fourth-order valence-electron chi connectivity index (χ4n) is 3.40. The molecule has 1 aliphatic carbocycles. The van der Waals surface area contributed by atoms with Gasteiger partial charge in [0.1, 0.15) is 0 Å². The van der Waals surface area contributed by atoms with Crippen LogP contribution in [0.15, 0.2) is 22.9 Å². The second-order valence-electron chi connectivity index (χ2n) is 6.47. The van der Waals surface area contributed by atoms with E-state index in [1.165, 1.54) is 36.8 Å². The summed E-state index contributed by atoms with van der Waals surface area (Å²) in [6.07, 6.45) is 10.2. The van der Waals surface area contributed by atoms with Gasteiger partial charge in [-0.1, -0.05) is 25.8 Å². The molecule has 21 heavy (non-hydrogen) atoms. The van der Waals surface area contributed by atoms with Crippen LogP contribution in [0.1, 0.15) is 65.7 Å². The second kappa shape index (κ2) is 7.79. The fourth-order valence-corrected chi connectivity index (χ4v) is 3.40. The number of piperidine rings is 1. The summed E-state index contributed by atoms with van der Waals surface area (Å²) in [4.78, 5) is 15.1. The van der Waals surface area contributed by atoms with Gasteiger partial charge in [-0.15, -0.1) is 0 Å². The number of nitrogens with one attached hydrogen (secondary N) is 1. The number of nitrogens with zero attached hydrogens (tertiary/aromatic N) is 1. The minimum Gasteiger partial charge on any atom is -0.325 e. The van der Waals surface area contributed by atoms with Crippen molar-refractivity contribution in [3.05, 3.63) is 22.9 Å². The normalized spacial score (nSPS) is 24.0. The van der Waals surface area contributed by atoms with Crippen molar-refractivity contribution < 1.29 is 4.79 Å². The zero-order valence-electron chi connectivity index (χ0n) is 13.9. The topological polar surface area (TPSA) is 32.3 Å². The Balaban J connectivity index is 2.02. The Morgan fingerprint density at radius 1 is 1.38 bits per heavy atom. The van der Waals surface area contributed by atoms with Crippen molar-refractivity contribution >= 4 is 5.91 Å². The third-order valence-corrected chi connectivity index (χ3v) is 4.75. The second-order valence-corrected chi connectivity index (χ2v) is 6.47. The number of rotatable bonds is 5. The van der Waals surface area contributed by atoms with Gasteiger partial charge in [0, 0.05) is 5.70 Å². The van der Waals surface area contributed by atoms with Crippen molar-refractivity contribution in [2.45, 2.75) is 71.8 Å². The van der Waals surface area contributed by atoms with Gasteiger partial charge in [-0.2, -0.15) is 0 Å². The lowest BCUT2D eigenvalue weighted by Crippen LogP contribution is -2.49. The number of unbranched alkanes of at least 4 members (excludes halogenated alkanes) is 1. The van der Waals surface area contributed by atoms with E-state index in [1.807, 2.05) is 0 Å². The molecule has 0 aromatic carbocycles. The molecule has 1 saturated heterocycles. The van der Waals surface area contributed by atoms with Gasteiger partial charge in [0.05, 0.1) is 6.04 Å². The third kappa shape index (κ3) is 4.19. The monoisotopic (exact) mass is 290 g/mol. The fraction of sp³-hybridized carbons (Fsp3) is 0.722. The van der Waals surface area contributed by atoms with Crippen LogP contribution in [0.4, 0.5) is 0 Å². The van der Waals surface area contributed by atoms with Crippen molar-refractivity contribution in [3.8, 4) is 0 Å². The van der Waals surface area contributed by atoms with Gasteiger partial charge in [-0.25, -0.2) is 0 Å². The molecule has 0 spiro atoms. The molecule has 1 fully saturated rings. The summed E-state index contributed by atoms with van der Waals surface area (Å²) in [7, 11) is 0. The van der Waals surface area contributed by atoms with E-state index in [2.05, 4.69) is 37.1 Å². The molecule has 1 unspecified atom stereocenters. The molecule has 1 N–H and O–H groups in total. The molecule has 118 valence electrons. The van der Waals surface area contributed by atoms with Gasteiger partial charge >= 0.3 is 0 Å². The average molecular weight is 290 g/mol. The molecule has 0 radical (unpaired) electrons. The molecule has 0 aromatic heterocycles. The van der Waals surface area contributed by atoms with E-state index in [4.69, 9.17) is 0 Å². The van der Waals surface area contributed by atoms with Crippen molar-refractivity contribution in [2.24, 2.45) is 0 Å². The van der Waals surface area contributed by atoms with E-state index in [-0.39, 0.29) is 11.9 Å². The molecule has 2 rings (SSSR count). The van der Waals surface area contributed by atoms with Crippen LogP contribution in [-0.4, -0.2) is 29.9 Å². The largest absolute Gasteiger partial charge is 0.325 e. The molecule has 3 nitrogen and oxygen atoms in total. The minimum atomic E-state index is 0.0697. The molecular formula is C18H30N2O. The highest BCUT2D eigenvalue weighted by Crippen LogP contribution is 2.24. The van der Waals surface area contributed by atoms with Gasteiger partial charge in [0.25, 0.3) is 0 Å². The number of hydrogen-bond acceptors (Lipinski definition) is 2. The summed E-state index contributed by atoms with van der Waals surface area (Å²) >= 11 is 0. The molecule has 1 amide bonds. The van der Waals surface area contributed by atoms with Crippen molar-refractivity contribution in [2.75, 3.05) is 13.1 Å². The summed E-state index contributed by atoms with van der Waals surface area (Å²) < 4.78 is 0. The van der Waals surface area contributed by atoms with Gasteiger partial charge in [-0.05, 0) is 70.2 Å². The highest BCUT2D eigenvalue weighted by Gasteiger charge is 2.29. The smallest absolute Gasteiger partial charge is 0.241 e. The van der Waals surface area contributed by atoms with Crippen LogP contribution >= 0.6 is 0 Å². The standard InChI is InChI=1S/C18H30N2O/c1-4-5-12-20-13-7-6-11-16(20)18(21)19-17-14(2)9-8-10-15(17)3/h9,16H,4-8,10-13H2,1-3H3,(H,19,21). The van der Waals surface area contributed by atoms with Crippen molar-refractivity contribution in [1.29, 1.82) is 0 Å². The average Bonchev–Trinajstić information content (AvgIpc) is 2.49. The summed E-state index contributed by atoms with van der Waals surface area (Å²) in [5, 5.41) is 3.23. The maximum absolute atomic E-state index is 12.7. The van der Waals surface area contributed by atoms with Crippen LogP contribution in [0.25, 0.3) is 0 Å². The molecule has 1 atom stereocenters. The molecule has 2 aliphatic rings. The van der Waals surface area contributed by atoms with Gasteiger partial charge in [0.2, 0.25) is 5.91 Å². The molecular weight excluding hydrogens is 260 g/mol. The maximum Gasteiger partial charge on any atom is 0.241 e. The number of hydrogen-bond donors (Lipinski definition) is 1. The van der Waals surface area contributed by atoms with Crippen LogP contribution in [0.3, 0.4) is 0 Å². The van der Waals surface area contributed by atoms with Crippen molar-refractivity contribution in [3.63, 3.8) is 0 Å². The molecule has 0 bridgehead atoms. The summed E-state index contributed by atoms with van der Waals surface area (Å²) in [5.74, 6) is 0.204. The lowest BCUT2D eigenvalue weighted by atomic mass is 9.96. The highest BCUT2D eigenvalue weighted by atomic mass is 16.2. The minimum absolute atomic E-state index is 0.0697. The Kier molecular flexibility index (Phi) is 6.04. The van der Waals surface area contributed by atoms with Crippen LogP contribution in [0.2, 0.25) is 0 Å². The Morgan fingerprint density at radius 2 is 2.19 bits per heavy atom. The Labute approximate surface area is 129 Å². The highest BCUT2D eigenvalue weighted by molar-refractivity contribution is 5.84. The van der Waals surface area contributed by atoms with Gasteiger partial charge < -0.3 is 5.32 Å². The number of carbonyl (C=O) groups excluding carboxylic acids is 1. The first-order valence-corrected chi connectivity index (χ1v) is 8.55. The number of amides is 1. The first kappa shape index (κ1) is 16.3. The van der Waals surface area contributed by atoms with Gasteiger partial charge in [-0.3, -0.25) is 9.69 Å². The number of likely N-dealkylation sites (tertiary alicyclic amines) is 1. The van der Waals surface area contributed by atoms with E-state index >= 15 is 0 Å². The number of allylic oxidation sites excluding steroid dienone is 3. The summed E-state index contributed by atoms with van der Waals surface area (Å²) in [6.45, 7) is 8.59. The van der Waals surface area contributed by atoms with Crippen molar-refractivity contribution in [1.82, 2.24) is 10.2 Å². The Hall–Kier alpha value is -1.09. The van der Waals surface area contributed by atoms with E-state index in [0.29, 0.717) is 0 Å². The number of carbonyl (C=O) groups is 1. The van der Waals surface area contributed by atoms with E-state index in [0.717, 1.165) is 38.0 Å². The summed E-state index contributed by atoms with van der Waals surface area (Å²) in [6, 6.07) is 0.0697. The van der Waals surface area contributed by atoms with E-state index < -0.39 is 0 Å².